The molecule has 0 aliphatic rings. The van der Waals surface area contributed by atoms with Crippen molar-refractivity contribution in [2.75, 3.05) is 11.1 Å². The lowest BCUT2D eigenvalue weighted by molar-refractivity contribution is 0.494. The normalized spacial score (nSPS) is 12.3. The van der Waals surface area contributed by atoms with E-state index in [9.17, 15) is 9.59 Å². The topological polar surface area (TPSA) is 94.9 Å². The number of nitrogens with two attached hydrogens (primary N) is 1. The number of hydrogen-bond acceptors (Lipinski definition) is 6. The Morgan fingerprint density at radius 3 is 2.50 bits per heavy atom. The van der Waals surface area contributed by atoms with Crippen molar-refractivity contribution in [2.45, 2.75) is 33.4 Å². The maximum absolute atomic E-state index is 12.7. The summed E-state index contributed by atoms with van der Waals surface area (Å²) in [6, 6.07) is 10.1. The van der Waals surface area contributed by atoms with Gasteiger partial charge in [-0.25, -0.2) is 9.78 Å². The summed E-state index contributed by atoms with van der Waals surface area (Å²) in [5.41, 5.74) is 7.26. The van der Waals surface area contributed by atoms with Crippen molar-refractivity contribution in [3.63, 3.8) is 0 Å². The molecule has 1 unspecified atom stereocenters. The molecule has 0 amide bonds. The smallest absolute Gasteiger partial charge is 0.332 e. The Bertz CT molecular complexity index is 1080. The van der Waals surface area contributed by atoms with Crippen molar-refractivity contribution in [1.82, 2.24) is 14.1 Å². The molecule has 3 aromatic rings. The molecule has 2 heterocycles. The van der Waals surface area contributed by atoms with Crippen LogP contribution in [0.5, 0.6) is 0 Å². The van der Waals surface area contributed by atoms with E-state index in [1.165, 1.54) is 23.0 Å². The van der Waals surface area contributed by atoms with Crippen molar-refractivity contribution >= 4 is 22.3 Å². The number of anilines is 2. The Balaban J connectivity index is 1.98. The molecule has 148 valence electrons. The van der Waals surface area contributed by atoms with Crippen LogP contribution in [0.2, 0.25) is 0 Å². The van der Waals surface area contributed by atoms with Crippen molar-refractivity contribution in [1.29, 1.82) is 0 Å². The number of nitrogens with zero attached hydrogens (tertiary/aromatic N) is 3. The third-order valence-electron chi connectivity index (χ3n) is 4.53. The summed E-state index contributed by atoms with van der Waals surface area (Å²) in [7, 11) is 1.47. The zero-order valence-corrected chi connectivity index (χ0v) is 17.3. The fourth-order valence-electron chi connectivity index (χ4n) is 3.03. The number of nitrogens with one attached hydrogen (secondary N) is 1. The monoisotopic (exact) mass is 399 g/mol. The average Bonchev–Trinajstić information content (AvgIpc) is 3.12. The molecule has 1 aromatic carbocycles. The third-order valence-corrected chi connectivity index (χ3v) is 5.30. The lowest BCUT2D eigenvalue weighted by Gasteiger charge is -2.16. The van der Waals surface area contributed by atoms with Crippen molar-refractivity contribution in [3.05, 3.63) is 62.1 Å². The zero-order chi connectivity index (χ0) is 20.4. The molecule has 2 aromatic heterocycles. The van der Waals surface area contributed by atoms with Gasteiger partial charge in [0.1, 0.15) is 11.4 Å². The highest BCUT2D eigenvalue weighted by Crippen LogP contribution is 2.28. The molecule has 8 heteroatoms. The van der Waals surface area contributed by atoms with Gasteiger partial charge >= 0.3 is 5.69 Å². The average molecular weight is 400 g/mol. The second-order valence-electron chi connectivity index (χ2n) is 7.23. The summed E-state index contributed by atoms with van der Waals surface area (Å²) in [6.45, 7) is 6.47. The maximum atomic E-state index is 12.7. The lowest BCUT2D eigenvalue weighted by Crippen LogP contribution is -2.41. The molecule has 0 saturated heterocycles. The minimum absolute atomic E-state index is 0.0651. The van der Waals surface area contributed by atoms with Gasteiger partial charge in [-0.3, -0.25) is 13.9 Å². The van der Waals surface area contributed by atoms with E-state index in [2.05, 4.69) is 10.3 Å². The molecule has 0 aliphatic carbocycles. The predicted octanol–water partition coefficient (Wildman–Crippen LogP) is 3.08. The van der Waals surface area contributed by atoms with E-state index in [0.29, 0.717) is 17.4 Å². The predicted molar refractivity (Wildman–Crippen MR) is 115 cm³/mol. The zero-order valence-electron chi connectivity index (χ0n) is 16.5. The van der Waals surface area contributed by atoms with Crippen LogP contribution in [0.15, 0.2) is 45.3 Å². The van der Waals surface area contributed by atoms with Gasteiger partial charge in [-0.05, 0) is 18.4 Å². The van der Waals surface area contributed by atoms with Gasteiger partial charge in [0, 0.05) is 19.0 Å². The number of aromatic nitrogens is 3. The minimum atomic E-state index is -0.435. The highest BCUT2D eigenvalue weighted by Gasteiger charge is 2.20. The largest absolute Gasteiger partial charge is 0.384 e. The first kappa shape index (κ1) is 19.9. The van der Waals surface area contributed by atoms with Crippen molar-refractivity contribution < 1.29 is 0 Å². The van der Waals surface area contributed by atoms with E-state index in [-0.39, 0.29) is 23.3 Å². The van der Waals surface area contributed by atoms with Crippen molar-refractivity contribution in [3.8, 4) is 11.3 Å². The summed E-state index contributed by atoms with van der Waals surface area (Å²) >= 11 is 1.40. The number of rotatable bonds is 6. The first-order valence-corrected chi connectivity index (χ1v) is 10.0. The molecule has 0 radical (unpaired) electrons. The SMILES string of the molecule is CC(C)Cn1c(N)c(-c2csc(NC(C)c3ccccc3)n2)c(=O)n(C)c1=O. The van der Waals surface area contributed by atoms with Crippen molar-refractivity contribution in [2.24, 2.45) is 13.0 Å². The third kappa shape index (κ3) is 3.87. The van der Waals surface area contributed by atoms with Crippen LogP contribution in [-0.2, 0) is 13.6 Å². The van der Waals surface area contributed by atoms with Crippen LogP contribution in [0.1, 0.15) is 32.4 Å². The summed E-state index contributed by atoms with van der Waals surface area (Å²) in [4.78, 5) is 29.7. The molecular weight excluding hydrogens is 374 g/mol. The van der Waals surface area contributed by atoms with Gasteiger partial charge in [-0.1, -0.05) is 44.2 Å². The van der Waals surface area contributed by atoms with Crippen LogP contribution in [0.25, 0.3) is 11.3 Å². The fraction of sp³-hybridized carbons (Fsp3) is 0.350. The van der Waals surface area contributed by atoms with Crippen LogP contribution in [0, 0.1) is 5.92 Å². The van der Waals surface area contributed by atoms with Crippen LogP contribution in [0.3, 0.4) is 0 Å². The molecule has 28 heavy (non-hydrogen) atoms. The first-order chi connectivity index (χ1) is 13.3. The first-order valence-electron chi connectivity index (χ1n) is 9.16. The van der Waals surface area contributed by atoms with Gasteiger partial charge in [0.05, 0.1) is 11.7 Å². The quantitative estimate of drug-likeness (QED) is 0.664. The second-order valence-corrected chi connectivity index (χ2v) is 8.08. The Morgan fingerprint density at radius 1 is 1.18 bits per heavy atom. The summed E-state index contributed by atoms with van der Waals surface area (Å²) in [5.74, 6) is 0.375. The van der Waals surface area contributed by atoms with Crippen LogP contribution in [-0.4, -0.2) is 14.1 Å². The van der Waals surface area contributed by atoms with Crippen LogP contribution >= 0.6 is 11.3 Å². The van der Waals surface area contributed by atoms with Gasteiger partial charge in [0.2, 0.25) is 0 Å². The Hall–Kier alpha value is -2.87. The molecule has 0 aliphatic heterocycles. The number of hydrogen-bond donors (Lipinski definition) is 2. The van der Waals surface area contributed by atoms with Gasteiger partial charge < -0.3 is 11.1 Å². The van der Waals surface area contributed by atoms with Gasteiger partial charge in [-0.2, -0.15) is 0 Å². The molecule has 0 saturated carbocycles. The Morgan fingerprint density at radius 2 is 1.86 bits per heavy atom. The molecule has 0 fully saturated rings. The molecular formula is C20H25N5O2S. The fourth-order valence-corrected chi connectivity index (χ4v) is 3.82. The highest BCUT2D eigenvalue weighted by atomic mass is 32.1. The summed E-state index contributed by atoms with van der Waals surface area (Å²) < 4.78 is 2.54. The van der Waals surface area contributed by atoms with Gasteiger partial charge in [0.15, 0.2) is 5.13 Å². The molecule has 3 N–H and O–H groups in total. The number of nitrogen functional groups attached to an aromatic ring is 1. The number of thiazole rings is 1. The van der Waals surface area contributed by atoms with E-state index < -0.39 is 11.2 Å². The molecule has 0 spiro atoms. The maximum Gasteiger partial charge on any atom is 0.332 e. The van der Waals surface area contributed by atoms with Gasteiger partial charge in [-0.15, -0.1) is 11.3 Å². The van der Waals surface area contributed by atoms with E-state index in [1.54, 1.807) is 5.38 Å². The number of benzene rings is 1. The molecule has 1 atom stereocenters. The second kappa shape index (κ2) is 8.02. The van der Waals surface area contributed by atoms with E-state index in [1.807, 2.05) is 51.1 Å². The van der Waals surface area contributed by atoms with Crippen LogP contribution < -0.4 is 22.3 Å². The molecule has 7 nitrogen and oxygen atoms in total. The van der Waals surface area contributed by atoms with E-state index in [4.69, 9.17) is 5.73 Å². The highest BCUT2D eigenvalue weighted by molar-refractivity contribution is 7.14. The molecule has 3 rings (SSSR count). The molecule has 0 bridgehead atoms. The lowest BCUT2D eigenvalue weighted by atomic mass is 10.1. The minimum Gasteiger partial charge on any atom is -0.384 e. The Labute approximate surface area is 167 Å². The Kier molecular flexibility index (Phi) is 5.69. The van der Waals surface area contributed by atoms with Gasteiger partial charge in [0.25, 0.3) is 5.56 Å². The van der Waals surface area contributed by atoms with E-state index >= 15 is 0 Å². The summed E-state index contributed by atoms with van der Waals surface area (Å²) in [5, 5.41) is 5.83. The van der Waals surface area contributed by atoms with E-state index in [0.717, 1.165) is 10.1 Å². The van der Waals surface area contributed by atoms with Crippen LogP contribution in [0.4, 0.5) is 10.9 Å². The summed E-state index contributed by atoms with van der Waals surface area (Å²) in [6.07, 6.45) is 0. The standard InChI is InChI=1S/C20H25N5O2S/c1-12(2)10-25-17(21)16(18(26)24(4)20(25)27)15-11-28-19(23-15)22-13(3)14-8-6-5-7-9-14/h5-9,11-13H,10,21H2,1-4H3,(H,22,23).